The number of carbonyl (C=O) groups is 1. The lowest BCUT2D eigenvalue weighted by atomic mass is 10.1. The van der Waals surface area contributed by atoms with Gasteiger partial charge in [0, 0.05) is 31.7 Å². The van der Waals surface area contributed by atoms with Crippen LogP contribution in [0.25, 0.3) is 11.3 Å². The molecule has 0 N–H and O–H groups in total. The highest BCUT2D eigenvalue weighted by Gasteiger charge is 2.22. The van der Waals surface area contributed by atoms with Gasteiger partial charge in [0.15, 0.2) is 17.3 Å². The summed E-state index contributed by atoms with van der Waals surface area (Å²) in [5.74, 6) is 2.62. The first-order valence-corrected chi connectivity index (χ1v) is 11.2. The first-order valence-electron chi connectivity index (χ1n) is 11.2. The zero-order valence-corrected chi connectivity index (χ0v) is 20.1. The highest BCUT2D eigenvalue weighted by Crippen LogP contribution is 2.40. The van der Waals surface area contributed by atoms with Crippen molar-refractivity contribution in [1.82, 2.24) is 15.1 Å². The monoisotopic (exact) mass is 462 g/mol. The highest BCUT2D eigenvalue weighted by atomic mass is 16.5. The molecule has 1 saturated heterocycles. The van der Waals surface area contributed by atoms with Crippen molar-refractivity contribution in [3.8, 4) is 28.5 Å². The number of aryl methyl sites for hydroxylation is 1. The average Bonchev–Trinajstić information content (AvgIpc) is 2.88. The molecule has 0 bridgehead atoms. The van der Waals surface area contributed by atoms with Gasteiger partial charge in [-0.15, -0.1) is 10.2 Å². The molecule has 0 atom stereocenters. The molecule has 2 heterocycles. The molecular weight excluding hydrogens is 432 g/mol. The quantitative estimate of drug-likeness (QED) is 0.533. The molecule has 4 rings (SSSR count). The fourth-order valence-electron chi connectivity index (χ4n) is 4.17. The first kappa shape index (κ1) is 23.4. The molecule has 1 aromatic heterocycles. The number of carbonyl (C=O) groups excluding carboxylic acids is 1. The van der Waals surface area contributed by atoms with Crippen LogP contribution >= 0.6 is 0 Å². The SMILES string of the molecule is COc1cc(-c2ccc(N3CCN(C(=O)Cc4cccc(C)c4)CC3)nn2)cc(OC)c1OC. The van der Waals surface area contributed by atoms with Crippen LogP contribution in [0.5, 0.6) is 17.2 Å². The van der Waals surface area contributed by atoms with Crippen LogP contribution in [0.3, 0.4) is 0 Å². The lowest BCUT2D eigenvalue weighted by Crippen LogP contribution is -2.49. The molecule has 0 saturated carbocycles. The van der Waals surface area contributed by atoms with E-state index in [2.05, 4.69) is 21.2 Å². The molecule has 0 spiro atoms. The molecule has 1 aliphatic heterocycles. The normalized spacial score (nSPS) is 13.5. The van der Waals surface area contributed by atoms with Gasteiger partial charge in [0.25, 0.3) is 0 Å². The molecule has 0 aliphatic carbocycles. The van der Waals surface area contributed by atoms with Crippen LogP contribution < -0.4 is 19.1 Å². The standard InChI is InChI=1S/C26H30N4O4/c1-18-6-5-7-19(14-18)15-25(31)30-12-10-29(11-13-30)24-9-8-21(27-28-24)20-16-22(32-2)26(34-4)23(17-20)33-3/h5-9,14,16-17H,10-13,15H2,1-4H3. The van der Waals surface area contributed by atoms with Crippen LogP contribution in [-0.2, 0) is 11.2 Å². The minimum absolute atomic E-state index is 0.161. The Bertz CT molecular complexity index is 1120. The Morgan fingerprint density at radius 3 is 2.15 bits per heavy atom. The van der Waals surface area contributed by atoms with Crippen molar-refractivity contribution in [2.75, 3.05) is 52.4 Å². The van der Waals surface area contributed by atoms with Crippen LogP contribution in [0, 0.1) is 6.92 Å². The number of nitrogens with zero attached hydrogens (tertiary/aromatic N) is 4. The predicted octanol–water partition coefficient (Wildman–Crippen LogP) is 3.37. The van der Waals surface area contributed by atoms with Crippen LogP contribution in [-0.4, -0.2) is 68.5 Å². The number of hydrogen-bond acceptors (Lipinski definition) is 7. The van der Waals surface area contributed by atoms with Crippen molar-refractivity contribution in [2.24, 2.45) is 0 Å². The van der Waals surface area contributed by atoms with Crippen molar-refractivity contribution >= 4 is 11.7 Å². The number of rotatable bonds is 7. The topological polar surface area (TPSA) is 77.0 Å². The molecule has 34 heavy (non-hydrogen) atoms. The van der Waals surface area contributed by atoms with Gasteiger partial charge >= 0.3 is 0 Å². The Hall–Kier alpha value is -3.81. The molecule has 178 valence electrons. The van der Waals surface area contributed by atoms with E-state index in [0.717, 1.165) is 30.0 Å². The zero-order valence-electron chi connectivity index (χ0n) is 20.1. The van der Waals surface area contributed by atoms with Crippen molar-refractivity contribution < 1.29 is 19.0 Å². The summed E-state index contributed by atoms with van der Waals surface area (Å²) < 4.78 is 16.3. The first-order chi connectivity index (χ1) is 16.5. The van der Waals surface area contributed by atoms with E-state index in [-0.39, 0.29) is 5.91 Å². The van der Waals surface area contributed by atoms with E-state index in [1.165, 1.54) is 5.56 Å². The number of amides is 1. The van der Waals surface area contributed by atoms with E-state index >= 15 is 0 Å². The lowest BCUT2D eigenvalue weighted by molar-refractivity contribution is -0.130. The minimum Gasteiger partial charge on any atom is -0.493 e. The van der Waals surface area contributed by atoms with E-state index in [9.17, 15) is 4.79 Å². The Morgan fingerprint density at radius 2 is 1.59 bits per heavy atom. The lowest BCUT2D eigenvalue weighted by Gasteiger charge is -2.35. The third-order valence-electron chi connectivity index (χ3n) is 6.01. The third-order valence-corrected chi connectivity index (χ3v) is 6.01. The van der Waals surface area contributed by atoms with Crippen molar-refractivity contribution in [2.45, 2.75) is 13.3 Å². The summed E-state index contributed by atoms with van der Waals surface area (Å²) in [6.07, 6.45) is 0.435. The van der Waals surface area contributed by atoms with Crippen LogP contribution in [0.2, 0.25) is 0 Å². The summed E-state index contributed by atoms with van der Waals surface area (Å²) >= 11 is 0. The maximum atomic E-state index is 12.7. The highest BCUT2D eigenvalue weighted by molar-refractivity contribution is 5.79. The number of hydrogen-bond donors (Lipinski definition) is 0. The summed E-state index contributed by atoms with van der Waals surface area (Å²) in [7, 11) is 4.74. The van der Waals surface area contributed by atoms with E-state index in [1.807, 2.05) is 54.3 Å². The Morgan fingerprint density at radius 1 is 0.882 bits per heavy atom. The molecule has 8 nitrogen and oxygen atoms in total. The van der Waals surface area contributed by atoms with Gasteiger partial charge in [-0.05, 0) is 36.8 Å². The molecule has 3 aromatic rings. The number of piperazine rings is 1. The van der Waals surface area contributed by atoms with Gasteiger partial charge in [-0.25, -0.2) is 0 Å². The van der Waals surface area contributed by atoms with E-state index in [1.54, 1.807) is 21.3 Å². The van der Waals surface area contributed by atoms with Crippen molar-refractivity contribution in [3.05, 3.63) is 59.7 Å². The van der Waals surface area contributed by atoms with E-state index in [0.29, 0.717) is 42.5 Å². The van der Waals surface area contributed by atoms with Gasteiger partial charge in [0.05, 0.1) is 33.4 Å². The summed E-state index contributed by atoms with van der Waals surface area (Å²) in [4.78, 5) is 16.8. The molecule has 1 fully saturated rings. The van der Waals surface area contributed by atoms with Gasteiger partial charge in [-0.2, -0.15) is 0 Å². The van der Waals surface area contributed by atoms with Gasteiger partial charge in [-0.1, -0.05) is 29.8 Å². The van der Waals surface area contributed by atoms with Crippen LogP contribution in [0.1, 0.15) is 11.1 Å². The number of anilines is 1. The second-order valence-corrected chi connectivity index (χ2v) is 8.22. The Balaban J connectivity index is 1.40. The van der Waals surface area contributed by atoms with Crippen LogP contribution in [0.15, 0.2) is 48.5 Å². The fraction of sp³-hybridized carbons (Fsp3) is 0.346. The minimum atomic E-state index is 0.161. The summed E-state index contributed by atoms with van der Waals surface area (Å²) in [6.45, 7) is 4.82. The largest absolute Gasteiger partial charge is 0.493 e. The Labute approximate surface area is 200 Å². The molecule has 0 radical (unpaired) electrons. The van der Waals surface area contributed by atoms with Gasteiger partial charge in [0.2, 0.25) is 11.7 Å². The summed E-state index contributed by atoms with van der Waals surface area (Å²) in [6, 6.07) is 15.7. The van der Waals surface area contributed by atoms with Gasteiger partial charge < -0.3 is 24.0 Å². The van der Waals surface area contributed by atoms with Crippen molar-refractivity contribution in [1.29, 1.82) is 0 Å². The Kier molecular flexibility index (Phi) is 7.15. The van der Waals surface area contributed by atoms with E-state index in [4.69, 9.17) is 14.2 Å². The van der Waals surface area contributed by atoms with E-state index < -0.39 is 0 Å². The molecule has 1 aliphatic rings. The second-order valence-electron chi connectivity index (χ2n) is 8.22. The maximum absolute atomic E-state index is 12.7. The third kappa shape index (κ3) is 5.06. The maximum Gasteiger partial charge on any atom is 0.227 e. The van der Waals surface area contributed by atoms with Crippen molar-refractivity contribution in [3.63, 3.8) is 0 Å². The van der Waals surface area contributed by atoms with Gasteiger partial charge in [0.1, 0.15) is 0 Å². The number of ether oxygens (including phenoxy) is 3. The molecule has 8 heteroatoms. The number of benzene rings is 2. The molecular formula is C26H30N4O4. The van der Waals surface area contributed by atoms with Gasteiger partial charge in [-0.3, -0.25) is 4.79 Å². The second kappa shape index (κ2) is 10.4. The average molecular weight is 463 g/mol. The van der Waals surface area contributed by atoms with Crippen LogP contribution in [0.4, 0.5) is 5.82 Å². The zero-order chi connectivity index (χ0) is 24.1. The fourth-order valence-corrected chi connectivity index (χ4v) is 4.17. The molecule has 2 aromatic carbocycles. The molecule has 0 unspecified atom stereocenters. The smallest absolute Gasteiger partial charge is 0.227 e. The predicted molar refractivity (Wildman–Crippen MR) is 131 cm³/mol. The summed E-state index contributed by atoms with van der Waals surface area (Å²) in [5.41, 5.74) is 3.75. The number of aromatic nitrogens is 2. The number of methoxy groups -OCH3 is 3. The molecule has 1 amide bonds. The summed E-state index contributed by atoms with van der Waals surface area (Å²) in [5, 5.41) is 8.86.